The van der Waals surface area contributed by atoms with Gasteiger partial charge in [0, 0.05) is 6.07 Å². The van der Waals surface area contributed by atoms with Gasteiger partial charge in [0.15, 0.2) is 6.54 Å². The van der Waals surface area contributed by atoms with Crippen molar-refractivity contribution in [2.24, 2.45) is 0 Å². The SMILES string of the molecule is Cc1cc(NC(=O)C[NH+](C)Cc2nc3ccccc3s2)c([N+](=O)[O-])cc1C. The third kappa shape index (κ3) is 4.47. The lowest BCUT2D eigenvalue weighted by Gasteiger charge is -2.13. The van der Waals surface area contributed by atoms with Gasteiger partial charge in [0.2, 0.25) is 0 Å². The second kappa shape index (κ2) is 7.81. The summed E-state index contributed by atoms with van der Waals surface area (Å²) in [6.45, 7) is 4.48. The van der Waals surface area contributed by atoms with Gasteiger partial charge in [0.1, 0.15) is 17.2 Å². The Bertz CT molecular complexity index is 982. The molecular formula is C19H21N4O3S+. The van der Waals surface area contributed by atoms with Crippen LogP contribution in [0.4, 0.5) is 11.4 Å². The van der Waals surface area contributed by atoms with Crippen LogP contribution in [0, 0.1) is 24.0 Å². The first kappa shape index (κ1) is 18.9. The number of anilines is 1. The maximum absolute atomic E-state index is 12.4. The van der Waals surface area contributed by atoms with Crippen LogP contribution in [0.25, 0.3) is 10.2 Å². The number of nitrogens with one attached hydrogen (secondary N) is 2. The normalized spacial score (nSPS) is 12.1. The average molecular weight is 385 g/mol. The molecule has 0 aliphatic carbocycles. The topological polar surface area (TPSA) is 89.6 Å². The van der Waals surface area contributed by atoms with Gasteiger partial charge in [-0.2, -0.15) is 0 Å². The number of carbonyl (C=O) groups excluding carboxylic acids is 1. The number of para-hydroxylation sites is 1. The molecule has 3 aromatic rings. The summed E-state index contributed by atoms with van der Waals surface area (Å²) >= 11 is 1.61. The summed E-state index contributed by atoms with van der Waals surface area (Å²) < 4.78 is 1.12. The predicted octanol–water partition coefficient (Wildman–Crippen LogP) is 2.47. The zero-order chi connectivity index (χ0) is 19.6. The van der Waals surface area contributed by atoms with E-state index in [2.05, 4.69) is 10.3 Å². The Kier molecular flexibility index (Phi) is 5.48. The quantitative estimate of drug-likeness (QED) is 0.504. The maximum atomic E-state index is 12.4. The number of likely N-dealkylation sites (N-methyl/N-ethyl adjacent to an activating group) is 1. The average Bonchev–Trinajstić information content (AvgIpc) is 2.99. The van der Waals surface area contributed by atoms with Crippen LogP contribution in [0.3, 0.4) is 0 Å². The third-order valence-electron chi connectivity index (χ3n) is 4.34. The van der Waals surface area contributed by atoms with E-state index in [0.717, 1.165) is 31.3 Å². The minimum Gasteiger partial charge on any atom is -0.324 e. The molecule has 2 aromatic carbocycles. The number of aromatic nitrogens is 1. The molecule has 0 saturated carbocycles. The zero-order valence-corrected chi connectivity index (χ0v) is 16.2. The molecule has 1 unspecified atom stereocenters. The van der Waals surface area contributed by atoms with Crippen molar-refractivity contribution in [2.75, 3.05) is 18.9 Å². The number of benzene rings is 2. The minimum atomic E-state index is -0.472. The van der Waals surface area contributed by atoms with Gasteiger partial charge in [-0.1, -0.05) is 12.1 Å². The Balaban J connectivity index is 1.66. The summed E-state index contributed by atoms with van der Waals surface area (Å²) in [6, 6.07) is 11.1. The van der Waals surface area contributed by atoms with Crippen LogP contribution in [0.2, 0.25) is 0 Å². The first-order valence-corrected chi connectivity index (χ1v) is 9.36. The first-order valence-electron chi connectivity index (χ1n) is 8.54. The van der Waals surface area contributed by atoms with Gasteiger partial charge in [-0.15, -0.1) is 11.3 Å². The van der Waals surface area contributed by atoms with Crippen LogP contribution in [-0.2, 0) is 11.3 Å². The lowest BCUT2D eigenvalue weighted by Crippen LogP contribution is -3.08. The van der Waals surface area contributed by atoms with E-state index in [-0.39, 0.29) is 23.8 Å². The van der Waals surface area contributed by atoms with Gasteiger partial charge in [-0.25, -0.2) is 4.98 Å². The number of quaternary nitrogens is 1. The molecule has 140 valence electrons. The number of carbonyl (C=O) groups is 1. The predicted molar refractivity (Wildman–Crippen MR) is 106 cm³/mol. The fraction of sp³-hybridized carbons (Fsp3) is 0.263. The highest BCUT2D eigenvalue weighted by Gasteiger charge is 2.20. The number of thiazole rings is 1. The van der Waals surface area contributed by atoms with E-state index >= 15 is 0 Å². The van der Waals surface area contributed by atoms with E-state index in [1.54, 1.807) is 17.4 Å². The van der Waals surface area contributed by atoms with Crippen LogP contribution in [0.15, 0.2) is 36.4 Å². The Labute approximate surface area is 160 Å². The number of nitro benzene ring substituents is 1. The van der Waals surface area contributed by atoms with Gasteiger partial charge < -0.3 is 10.2 Å². The molecule has 8 heteroatoms. The number of nitrogens with zero attached hydrogens (tertiary/aromatic N) is 2. The van der Waals surface area contributed by atoms with Crippen molar-refractivity contribution in [1.82, 2.24) is 4.98 Å². The van der Waals surface area contributed by atoms with E-state index in [1.807, 2.05) is 45.2 Å². The van der Waals surface area contributed by atoms with Crippen LogP contribution < -0.4 is 10.2 Å². The summed E-state index contributed by atoms with van der Waals surface area (Å²) in [5.41, 5.74) is 2.82. The van der Waals surface area contributed by atoms with E-state index in [0.29, 0.717) is 6.54 Å². The molecule has 0 saturated heterocycles. The molecule has 0 bridgehead atoms. The van der Waals surface area contributed by atoms with Gasteiger partial charge >= 0.3 is 0 Å². The maximum Gasteiger partial charge on any atom is 0.293 e. The number of nitro groups is 1. The number of rotatable bonds is 6. The van der Waals surface area contributed by atoms with E-state index in [9.17, 15) is 14.9 Å². The van der Waals surface area contributed by atoms with Crippen molar-refractivity contribution in [3.05, 3.63) is 62.6 Å². The highest BCUT2D eigenvalue weighted by molar-refractivity contribution is 7.18. The van der Waals surface area contributed by atoms with Crippen molar-refractivity contribution in [2.45, 2.75) is 20.4 Å². The number of amides is 1. The summed E-state index contributed by atoms with van der Waals surface area (Å²) in [7, 11) is 1.90. The van der Waals surface area contributed by atoms with Crippen molar-refractivity contribution in [3.63, 3.8) is 0 Å². The monoisotopic (exact) mass is 385 g/mol. The molecule has 1 amide bonds. The molecule has 1 atom stereocenters. The van der Waals surface area contributed by atoms with Gasteiger partial charge in [-0.3, -0.25) is 14.9 Å². The Morgan fingerprint density at radius 1 is 1.26 bits per heavy atom. The number of hydrogen-bond acceptors (Lipinski definition) is 5. The van der Waals surface area contributed by atoms with Crippen molar-refractivity contribution in [1.29, 1.82) is 0 Å². The molecule has 0 aliphatic heterocycles. The molecule has 0 radical (unpaired) electrons. The Morgan fingerprint density at radius 2 is 1.96 bits per heavy atom. The van der Waals surface area contributed by atoms with E-state index in [4.69, 9.17) is 0 Å². The molecule has 0 aliphatic rings. The van der Waals surface area contributed by atoms with E-state index < -0.39 is 4.92 Å². The van der Waals surface area contributed by atoms with E-state index in [1.165, 1.54) is 6.07 Å². The largest absolute Gasteiger partial charge is 0.324 e. The molecule has 1 heterocycles. The second-order valence-corrected chi connectivity index (χ2v) is 7.76. The van der Waals surface area contributed by atoms with Crippen molar-refractivity contribution < 1.29 is 14.6 Å². The first-order chi connectivity index (χ1) is 12.8. The lowest BCUT2D eigenvalue weighted by molar-refractivity contribution is -0.885. The number of fused-ring (bicyclic) bond motifs is 1. The van der Waals surface area contributed by atoms with Crippen LogP contribution in [0.1, 0.15) is 16.1 Å². The van der Waals surface area contributed by atoms with Crippen LogP contribution in [-0.4, -0.2) is 29.4 Å². The Hall–Kier alpha value is -2.84. The summed E-state index contributed by atoms with van der Waals surface area (Å²) in [5, 5.41) is 14.9. The molecule has 27 heavy (non-hydrogen) atoms. The third-order valence-corrected chi connectivity index (χ3v) is 5.37. The smallest absolute Gasteiger partial charge is 0.293 e. The van der Waals surface area contributed by atoms with Gasteiger partial charge in [0.25, 0.3) is 11.6 Å². The Morgan fingerprint density at radius 3 is 2.67 bits per heavy atom. The zero-order valence-electron chi connectivity index (χ0n) is 15.4. The fourth-order valence-electron chi connectivity index (χ4n) is 2.84. The van der Waals surface area contributed by atoms with Crippen molar-refractivity contribution >= 4 is 38.8 Å². The highest BCUT2D eigenvalue weighted by atomic mass is 32.1. The highest BCUT2D eigenvalue weighted by Crippen LogP contribution is 2.27. The molecule has 1 aromatic heterocycles. The lowest BCUT2D eigenvalue weighted by atomic mass is 10.1. The van der Waals surface area contributed by atoms with Crippen molar-refractivity contribution in [3.8, 4) is 0 Å². The van der Waals surface area contributed by atoms with Gasteiger partial charge in [0.05, 0.1) is 22.2 Å². The molecule has 3 rings (SSSR count). The molecule has 7 nitrogen and oxygen atoms in total. The number of aryl methyl sites for hydroxylation is 2. The summed E-state index contributed by atoms with van der Waals surface area (Å²) in [4.78, 5) is 28.7. The standard InChI is InChI=1S/C19H20N4O3S/c1-12-8-15(16(23(25)26)9-13(12)2)20-18(24)10-22(3)11-19-21-14-6-4-5-7-17(14)27-19/h4-9H,10-11H2,1-3H3,(H,20,24)/p+1. The molecule has 0 spiro atoms. The summed E-state index contributed by atoms with van der Waals surface area (Å²) in [5.74, 6) is -0.264. The fourth-order valence-corrected chi connectivity index (χ4v) is 3.92. The second-order valence-electron chi connectivity index (χ2n) is 6.64. The van der Waals surface area contributed by atoms with Crippen LogP contribution in [0.5, 0.6) is 0 Å². The molecular weight excluding hydrogens is 364 g/mol. The molecule has 2 N–H and O–H groups in total. The van der Waals surface area contributed by atoms with Crippen LogP contribution >= 0.6 is 11.3 Å². The summed E-state index contributed by atoms with van der Waals surface area (Å²) in [6.07, 6.45) is 0. The number of hydrogen-bond donors (Lipinski definition) is 2. The minimum absolute atomic E-state index is 0.0877. The molecule has 0 fully saturated rings. The van der Waals surface area contributed by atoms with Gasteiger partial charge in [-0.05, 0) is 43.2 Å².